The largest absolute Gasteiger partial charge is 0.460 e. The number of esters is 1. The monoisotopic (exact) mass is 492 g/mol. The molecule has 0 heterocycles. The van der Waals surface area contributed by atoms with Crippen molar-refractivity contribution in [3.63, 3.8) is 0 Å². The Bertz CT molecular complexity index is 796. The zero-order valence-corrected chi connectivity index (χ0v) is 23.3. The molecule has 0 aromatic heterocycles. The van der Waals surface area contributed by atoms with E-state index in [9.17, 15) is 20.1 Å². The van der Waals surface area contributed by atoms with Gasteiger partial charge in [-0.25, -0.2) is 0 Å². The average Bonchev–Trinajstić information content (AvgIpc) is 3.11. The third-order valence-electron chi connectivity index (χ3n) is 12.3. The Morgan fingerprint density at radius 2 is 1.66 bits per heavy atom. The van der Waals surface area contributed by atoms with Crippen molar-refractivity contribution in [2.45, 2.75) is 136 Å². The van der Waals surface area contributed by atoms with Crippen molar-refractivity contribution < 1.29 is 24.9 Å². The summed E-state index contributed by atoms with van der Waals surface area (Å²) in [5.74, 6) is 1.87. The zero-order valence-electron chi connectivity index (χ0n) is 23.3. The highest BCUT2D eigenvalue weighted by Crippen LogP contribution is 2.69. The van der Waals surface area contributed by atoms with Gasteiger partial charge in [0.15, 0.2) is 0 Å². The molecular formula is C30H52O5. The molecule has 4 fully saturated rings. The van der Waals surface area contributed by atoms with Gasteiger partial charge in [0.25, 0.3) is 0 Å². The Balaban J connectivity index is 1.48. The van der Waals surface area contributed by atoms with Crippen LogP contribution in [0.2, 0.25) is 0 Å². The van der Waals surface area contributed by atoms with Crippen LogP contribution < -0.4 is 0 Å². The summed E-state index contributed by atoms with van der Waals surface area (Å²) < 4.78 is 5.60. The van der Waals surface area contributed by atoms with E-state index in [-0.39, 0.29) is 34.7 Å². The maximum Gasteiger partial charge on any atom is 0.303 e. The smallest absolute Gasteiger partial charge is 0.303 e. The van der Waals surface area contributed by atoms with Crippen LogP contribution in [0.25, 0.3) is 0 Å². The minimum absolute atomic E-state index is 0.00459. The lowest BCUT2D eigenvalue weighted by atomic mass is 9.41. The summed E-state index contributed by atoms with van der Waals surface area (Å²) >= 11 is 0. The predicted octanol–water partition coefficient (Wildman–Crippen LogP) is 5.49. The highest BCUT2D eigenvalue weighted by molar-refractivity contribution is 5.66. The van der Waals surface area contributed by atoms with Crippen molar-refractivity contribution in [3.05, 3.63) is 0 Å². The molecule has 11 atom stereocenters. The van der Waals surface area contributed by atoms with Crippen molar-refractivity contribution in [2.75, 3.05) is 0 Å². The summed E-state index contributed by atoms with van der Waals surface area (Å²) in [6, 6.07) is 0. The number of aliphatic hydroxyl groups is 3. The summed E-state index contributed by atoms with van der Waals surface area (Å²) in [6.45, 7) is 14.8. The van der Waals surface area contributed by atoms with Gasteiger partial charge in [0.1, 0.15) is 5.60 Å². The second-order valence-corrected chi connectivity index (χ2v) is 14.2. The first-order valence-corrected chi connectivity index (χ1v) is 14.4. The molecule has 0 bridgehead atoms. The van der Waals surface area contributed by atoms with Crippen molar-refractivity contribution in [3.8, 4) is 0 Å². The molecule has 3 N–H and O–H groups in total. The number of aliphatic hydroxyl groups excluding tert-OH is 2. The molecule has 202 valence electrons. The van der Waals surface area contributed by atoms with Gasteiger partial charge in [0.05, 0.1) is 17.8 Å². The Morgan fingerprint density at radius 1 is 0.971 bits per heavy atom. The van der Waals surface area contributed by atoms with E-state index in [4.69, 9.17) is 4.74 Å². The van der Waals surface area contributed by atoms with Crippen LogP contribution in [0.1, 0.15) is 113 Å². The van der Waals surface area contributed by atoms with Gasteiger partial charge in [-0.3, -0.25) is 4.79 Å². The predicted molar refractivity (Wildman–Crippen MR) is 137 cm³/mol. The van der Waals surface area contributed by atoms with Gasteiger partial charge < -0.3 is 20.1 Å². The highest BCUT2D eigenvalue weighted by atomic mass is 16.6. The molecule has 0 aliphatic heterocycles. The highest BCUT2D eigenvalue weighted by Gasteiger charge is 2.68. The number of rotatable bonds is 6. The van der Waals surface area contributed by atoms with Gasteiger partial charge >= 0.3 is 5.97 Å². The van der Waals surface area contributed by atoms with Gasteiger partial charge in [-0.1, -0.05) is 34.1 Å². The molecule has 35 heavy (non-hydrogen) atoms. The van der Waals surface area contributed by atoms with E-state index in [0.717, 1.165) is 44.9 Å². The molecule has 4 aliphatic rings. The maximum absolute atomic E-state index is 12.3. The van der Waals surface area contributed by atoms with Gasteiger partial charge in [-0.15, -0.1) is 0 Å². The normalized spacial score (nSPS) is 47.3. The molecule has 4 saturated carbocycles. The van der Waals surface area contributed by atoms with Crippen molar-refractivity contribution in [1.82, 2.24) is 0 Å². The fraction of sp³-hybridized carbons (Fsp3) is 0.967. The van der Waals surface area contributed by atoms with E-state index < -0.39 is 17.3 Å². The van der Waals surface area contributed by atoms with Crippen molar-refractivity contribution in [1.29, 1.82) is 0 Å². The van der Waals surface area contributed by atoms with E-state index in [1.54, 1.807) is 0 Å². The number of ether oxygens (including phenoxy) is 1. The van der Waals surface area contributed by atoms with E-state index in [0.29, 0.717) is 36.5 Å². The summed E-state index contributed by atoms with van der Waals surface area (Å²) in [7, 11) is 0. The third kappa shape index (κ3) is 4.40. The third-order valence-corrected chi connectivity index (χ3v) is 12.3. The first kappa shape index (κ1) is 27.4. The SMILES string of the molecule is CC(=O)OC(C)(C)C(C)CCC(C)C1CCC2C3CC(O)C4C[C@H](O)CCC4(C)[C@@]3(O)CCC12C. The Labute approximate surface area is 213 Å². The fourth-order valence-corrected chi connectivity index (χ4v) is 9.71. The lowest BCUT2D eigenvalue weighted by Crippen LogP contribution is -2.68. The van der Waals surface area contributed by atoms with E-state index in [1.807, 2.05) is 13.8 Å². The lowest BCUT2D eigenvalue weighted by Gasteiger charge is -2.66. The van der Waals surface area contributed by atoms with Crippen LogP contribution in [0.4, 0.5) is 0 Å². The molecule has 0 aromatic rings. The van der Waals surface area contributed by atoms with Crippen LogP contribution in [0.3, 0.4) is 0 Å². The second kappa shape index (κ2) is 9.27. The van der Waals surface area contributed by atoms with Crippen molar-refractivity contribution in [2.24, 2.45) is 46.3 Å². The van der Waals surface area contributed by atoms with Crippen LogP contribution in [0.5, 0.6) is 0 Å². The van der Waals surface area contributed by atoms with E-state index >= 15 is 0 Å². The zero-order chi connectivity index (χ0) is 26.0. The van der Waals surface area contributed by atoms with Crippen molar-refractivity contribution >= 4 is 5.97 Å². The van der Waals surface area contributed by atoms with Crippen LogP contribution >= 0.6 is 0 Å². The summed E-state index contributed by atoms with van der Waals surface area (Å²) in [5, 5.41) is 33.9. The Morgan fingerprint density at radius 3 is 2.31 bits per heavy atom. The molecule has 4 rings (SSSR count). The number of fused-ring (bicyclic) bond motifs is 5. The molecule has 0 saturated heterocycles. The van der Waals surface area contributed by atoms with Crippen LogP contribution in [-0.4, -0.2) is 44.7 Å². The Kier molecular flexibility index (Phi) is 7.26. The number of carbonyl (C=O) groups excluding carboxylic acids is 1. The van der Waals surface area contributed by atoms with Gasteiger partial charge in [-0.2, -0.15) is 0 Å². The topological polar surface area (TPSA) is 87.0 Å². The van der Waals surface area contributed by atoms with Crippen LogP contribution in [0.15, 0.2) is 0 Å². The molecule has 5 nitrogen and oxygen atoms in total. The minimum atomic E-state index is -0.734. The molecule has 4 aliphatic carbocycles. The summed E-state index contributed by atoms with van der Waals surface area (Å²) in [6.07, 6.45) is 8.43. The average molecular weight is 493 g/mol. The van der Waals surface area contributed by atoms with Crippen LogP contribution in [-0.2, 0) is 9.53 Å². The first-order valence-electron chi connectivity index (χ1n) is 14.4. The first-order chi connectivity index (χ1) is 16.2. The number of carbonyl (C=O) groups is 1. The van der Waals surface area contributed by atoms with Crippen LogP contribution in [0, 0.1) is 46.3 Å². The maximum atomic E-state index is 12.3. The number of hydrogen-bond donors (Lipinski definition) is 3. The lowest BCUT2D eigenvalue weighted by molar-refractivity contribution is -0.265. The standard InChI is InChI=1S/C30H52O5/c1-18(8-9-19(2)27(4,5)35-20(3)31)22-10-11-23-24-17-26(33)25-16-21(32)12-13-29(25,7)30(24,34)15-14-28(22,23)6/h18-19,21-26,32-34H,8-17H2,1-7H3/t18?,19?,21-,22?,23?,24?,25?,26?,28?,29?,30-/m1/s1. The quantitative estimate of drug-likeness (QED) is 0.427. The van der Waals surface area contributed by atoms with Gasteiger partial charge in [0.2, 0.25) is 0 Å². The van der Waals surface area contributed by atoms with E-state index in [1.165, 1.54) is 13.3 Å². The molecule has 0 aromatic carbocycles. The van der Waals surface area contributed by atoms with E-state index in [2.05, 4.69) is 27.7 Å². The number of hydrogen-bond acceptors (Lipinski definition) is 5. The molecular weight excluding hydrogens is 440 g/mol. The molecule has 5 heteroatoms. The summed E-state index contributed by atoms with van der Waals surface area (Å²) in [4.78, 5) is 11.5. The molecule has 0 radical (unpaired) electrons. The fourth-order valence-electron chi connectivity index (χ4n) is 9.71. The Hall–Kier alpha value is -0.650. The molecule has 9 unspecified atom stereocenters. The summed E-state index contributed by atoms with van der Waals surface area (Å²) in [5.41, 5.74) is -1.30. The molecule has 0 spiro atoms. The van der Waals surface area contributed by atoms with Gasteiger partial charge in [-0.05, 0) is 113 Å². The second-order valence-electron chi connectivity index (χ2n) is 14.2. The minimum Gasteiger partial charge on any atom is -0.460 e. The van der Waals surface area contributed by atoms with Gasteiger partial charge in [0, 0.05) is 12.3 Å². The molecule has 0 amide bonds.